The lowest BCUT2D eigenvalue weighted by atomic mass is 9.87. The van der Waals surface area contributed by atoms with Gasteiger partial charge in [-0.2, -0.15) is 0 Å². The lowest BCUT2D eigenvalue weighted by molar-refractivity contribution is -0.124. The summed E-state index contributed by atoms with van der Waals surface area (Å²) in [6.07, 6.45) is 6.00. The summed E-state index contributed by atoms with van der Waals surface area (Å²) in [7, 11) is 0. The molecule has 1 atom stereocenters. The van der Waals surface area contributed by atoms with E-state index in [1.54, 1.807) is 0 Å². The Labute approximate surface area is 123 Å². The number of nitrogens with two attached hydrogens (primary N) is 1. The number of benzene rings is 1. The highest BCUT2D eigenvalue weighted by molar-refractivity contribution is 9.10. The van der Waals surface area contributed by atoms with Gasteiger partial charge in [-0.3, -0.25) is 10.1 Å². The minimum atomic E-state index is -0.789. The molecule has 3 N–H and O–H groups in total. The van der Waals surface area contributed by atoms with Crippen LogP contribution in [0.3, 0.4) is 0 Å². The Morgan fingerprint density at radius 2 is 1.84 bits per heavy atom. The van der Waals surface area contributed by atoms with Crippen LogP contribution in [-0.4, -0.2) is 11.9 Å². The third-order valence-electron chi connectivity index (χ3n) is 4.01. The van der Waals surface area contributed by atoms with Gasteiger partial charge in [-0.1, -0.05) is 47.3 Å². The quantitative estimate of drug-likeness (QED) is 0.894. The molecule has 1 aromatic rings. The van der Waals surface area contributed by atoms with Crippen LogP contribution in [0.4, 0.5) is 0 Å². The van der Waals surface area contributed by atoms with Crippen molar-refractivity contribution in [2.45, 2.75) is 50.6 Å². The van der Waals surface area contributed by atoms with Crippen molar-refractivity contribution in [1.82, 2.24) is 5.32 Å². The highest BCUT2D eigenvalue weighted by Crippen LogP contribution is 2.27. The smallest absolute Gasteiger partial charge is 0.242 e. The van der Waals surface area contributed by atoms with Gasteiger partial charge in [0.05, 0.1) is 0 Å². The van der Waals surface area contributed by atoms with E-state index < -0.39 is 5.54 Å². The predicted molar refractivity (Wildman–Crippen MR) is 80.7 cm³/mol. The summed E-state index contributed by atoms with van der Waals surface area (Å²) in [5.41, 5.74) is 5.78. The summed E-state index contributed by atoms with van der Waals surface area (Å²) < 4.78 is 1.00. The molecular formula is C15H21BrN2O. The molecule has 0 heterocycles. The first kappa shape index (κ1) is 14.5. The Morgan fingerprint density at radius 3 is 2.37 bits per heavy atom. The Bertz CT molecular complexity index is 440. The fourth-order valence-electron chi connectivity index (χ4n) is 2.74. The van der Waals surface area contributed by atoms with E-state index in [-0.39, 0.29) is 5.91 Å². The van der Waals surface area contributed by atoms with Gasteiger partial charge in [0.2, 0.25) is 5.91 Å². The Hall–Kier alpha value is -0.870. The van der Waals surface area contributed by atoms with Crippen LogP contribution in [0.5, 0.6) is 0 Å². The minimum absolute atomic E-state index is 0.319. The summed E-state index contributed by atoms with van der Waals surface area (Å²) in [6.45, 7) is 1.88. The molecule has 19 heavy (non-hydrogen) atoms. The second-order valence-electron chi connectivity index (χ2n) is 5.48. The number of carbonyl (C=O) groups excluding carboxylic acids is 1. The molecule has 1 aliphatic carbocycles. The molecule has 0 aromatic heterocycles. The van der Waals surface area contributed by atoms with E-state index in [4.69, 9.17) is 5.73 Å². The van der Waals surface area contributed by atoms with Gasteiger partial charge in [0, 0.05) is 10.5 Å². The molecule has 0 radical (unpaired) electrons. The van der Waals surface area contributed by atoms with E-state index in [2.05, 4.69) is 21.2 Å². The van der Waals surface area contributed by atoms with Crippen molar-refractivity contribution in [3.05, 3.63) is 34.3 Å². The van der Waals surface area contributed by atoms with Crippen molar-refractivity contribution < 1.29 is 4.79 Å². The predicted octanol–water partition coefficient (Wildman–Crippen LogP) is 3.07. The van der Waals surface area contributed by atoms with Gasteiger partial charge in [-0.25, -0.2) is 0 Å². The van der Waals surface area contributed by atoms with E-state index in [0.29, 0.717) is 6.04 Å². The molecule has 1 saturated carbocycles. The van der Waals surface area contributed by atoms with Crippen LogP contribution in [0.1, 0.15) is 44.6 Å². The number of hydrogen-bond acceptors (Lipinski definition) is 2. The fraction of sp³-hybridized carbons (Fsp3) is 0.533. The zero-order chi connectivity index (χ0) is 13.9. The van der Waals surface area contributed by atoms with Crippen molar-refractivity contribution in [3.8, 4) is 0 Å². The average molecular weight is 325 g/mol. The summed E-state index contributed by atoms with van der Waals surface area (Å²) in [4.78, 5) is 11.9. The van der Waals surface area contributed by atoms with Crippen LogP contribution >= 0.6 is 15.9 Å². The molecule has 3 nitrogen and oxygen atoms in total. The van der Waals surface area contributed by atoms with Crippen LogP contribution in [0.25, 0.3) is 0 Å². The standard InChI is InChI=1S/C15H21BrN2O/c1-15(14(17)19,11-7-9-12(16)10-8-11)18-13-5-3-2-4-6-13/h7-10,13,18H,2-6H2,1H3,(H2,17,19). The Kier molecular flexibility index (Phi) is 4.63. The van der Waals surface area contributed by atoms with E-state index >= 15 is 0 Å². The van der Waals surface area contributed by atoms with Gasteiger partial charge in [0.25, 0.3) is 0 Å². The first-order valence-electron chi connectivity index (χ1n) is 6.86. The van der Waals surface area contributed by atoms with E-state index in [1.807, 2.05) is 31.2 Å². The van der Waals surface area contributed by atoms with Crippen LogP contribution in [0, 0.1) is 0 Å². The second-order valence-corrected chi connectivity index (χ2v) is 6.39. The topological polar surface area (TPSA) is 55.1 Å². The van der Waals surface area contributed by atoms with Gasteiger partial charge in [0.1, 0.15) is 5.54 Å². The summed E-state index contributed by atoms with van der Waals surface area (Å²) in [5, 5.41) is 3.48. The van der Waals surface area contributed by atoms with Gasteiger partial charge >= 0.3 is 0 Å². The van der Waals surface area contributed by atoms with Crippen molar-refractivity contribution in [2.24, 2.45) is 5.73 Å². The molecule has 0 saturated heterocycles. The zero-order valence-electron chi connectivity index (χ0n) is 11.3. The molecule has 2 rings (SSSR count). The van der Waals surface area contributed by atoms with Gasteiger partial charge in [0.15, 0.2) is 0 Å². The summed E-state index contributed by atoms with van der Waals surface area (Å²) in [5.74, 6) is -0.319. The molecule has 1 unspecified atom stereocenters. The van der Waals surface area contributed by atoms with Crippen molar-refractivity contribution in [3.63, 3.8) is 0 Å². The lowest BCUT2D eigenvalue weighted by Crippen LogP contribution is -2.54. The number of amides is 1. The molecule has 104 valence electrons. The monoisotopic (exact) mass is 324 g/mol. The molecule has 0 aliphatic heterocycles. The molecule has 0 spiro atoms. The number of halogens is 1. The van der Waals surface area contributed by atoms with Gasteiger partial charge in [-0.15, -0.1) is 0 Å². The molecule has 1 aliphatic rings. The maximum absolute atomic E-state index is 11.9. The number of hydrogen-bond donors (Lipinski definition) is 2. The number of rotatable bonds is 4. The number of nitrogens with one attached hydrogen (secondary N) is 1. The largest absolute Gasteiger partial charge is 0.368 e. The zero-order valence-corrected chi connectivity index (χ0v) is 12.9. The van der Waals surface area contributed by atoms with Crippen molar-refractivity contribution in [1.29, 1.82) is 0 Å². The first-order chi connectivity index (χ1) is 9.02. The highest BCUT2D eigenvalue weighted by atomic mass is 79.9. The van der Waals surface area contributed by atoms with Crippen molar-refractivity contribution >= 4 is 21.8 Å². The normalized spacial score (nSPS) is 19.9. The molecule has 4 heteroatoms. The Morgan fingerprint density at radius 1 is 1.26 bits per heavy atom. The maximum atomic E-state index is 11.9. The van der Waals surface area contributed by atoms with Crippen LogP contribution in [0.2, 0.25) is 0 Å². The second kappa shape index (κ2) is 6.06. The van der Waals surface area contributed by atoms with Crippen LogP contribution < -0.4 is 11.1 Å². The van der Waals surface area contributed by atoms with Gasteiger partial charge < -0.3 is 5.73 Å². The summed E-state index contributed by atoms with van der Waals surface area (Å²) >= 11 is 3.41. The number of primary amides is 1. The molecule has 1 aromatic carbocycles. The molecule has 1 amide bonds. The lowest BCUT2D eigenvalue weighted by Gasteiger charge is -2.34. The average Bonchev–Trinajstić information content (AvgIpc) is 2.40. The third kappa shape index (κ3) is 3.37. The van der Waals surface area contributed by atoms with Gasteiger partial charge in [-0.05, 0) is 37.5 Å². The number of carbonyl (C=O) groups is 1. The fourth-order valence-corrected chi connectivity index (χ4v) is 3.00. The Balaban J connectivity index is 2.21. The SMILES string of the molecule is CC(NC1CCCCC1)(C(N)=O)c1ccc(Br)cc1. The molecule has 0 bridgehead atoms. The van der Waals surface area contributed by atoms with Crippen LogP contribution in [0.15, 0.2) is 28.7 Å². The van der Waals surface area contributed by atoms with Crippen molar-refractivity contribution in [2.75, 3.05) is 0 Å². The third-order valence-corrected chi connectivity index (χ3v) is 4.54. The molecule has 1 fully saturated rings. The van der Waals surface area contributed by atoms with E-state index in [1.165, 1.54) is 19.3 Å². The van der Waals surface area contributed by atoms with E-state index in [0.717, 1.165) is 22.9 Å². The highest BCUT2D eigenvalue weighted by Gasteiger charge is 2.35. The molecular weight excluding hydrogens is 304 g/mol. The van der Waals surface area contributed by atoms with Crippen LogP contribution in [-0.2, 0) is 10.3 Å². The first-order valence-corrected chi connectivity index (χ1v) is 7.65. The maximum Gasteiger partial charge on any atom is 0.242 e. The summed E-state index contributed by atoms with van der Waals surface area (Å²) in [6, 6.07) is 8.17. The minimum Gasteiger partial charge on any atom is -0.368 e. The van der Waals surface area contributed by atoms with E-state index in [9.17, 15) is 4.79 Å².